The molecule has 6 heteroatoms. The lowest BCUT2D eigenvalue weighted by atomic mass is 9.93. The Bertz CT molecular complexity index is 601. The number of nitrogens with zero attached hydrogens (tertiary/aromatic N) is 2. The van der Waals surface area contributed by atoms with Crippen molar-refractivity contribution >= 4 is 11.8 Å². The van der Waals surface area contributed by atoms with E-state index in [1.807, 2.05) is 19.1 Å². The fourth-order valence-electron chi connectivity index (χ4n) is 4.30. The molecule has 142 valence electrons. The van der Waals surface area contributed by atoms with Gasteiger partial charge in [0.05, 0.1) is 12.5 Å². The van der Waals surface area contributed by atoms with Crippen LogP contribution < -0.4 is 10.6 Å². The van der Waals surface area contributed by atoms with Gasteiger partial charge in [-0.15, -0.1) is 0 Å². The number of carbonyl (C=O) groups excluding carboxylic acids is 2. The number of pyridine rings is 1. The van der Waals surface area contributed by atoms with E-state index in [-0.39, 0.29) is 23.9 Å². The van der Waals surface area contributed by atoms with Crippen molar-refractivity contribution in [2.75, 3.05) is 13.1 Å². The third kappa shape index (κ3) is 4.81. The summed E-state index contributed by atoms with van der Waals surface area (Å²) in [6.45, 7) is 3.37. The molecule has 2 aliphatic rings. The molecule has 0 radical (unpaired) electrons. The first-order valence-electron chi connectivity index (χ1n) is 9.89. The highest BCUT2D eigenvalue weighted by Crippen LogP contribution is 2.29. The number of nitrogens with one attached hydrogen (secondary N) is 2. The zero-order valence-corrected chi connectivity index (χ0v) is 15.6. The van der Waals surface area contributed by atoms with Crippen LogP contribution in [0.3, 0.4) is 0 Å². The van der Waals surface area contributed by atoms with E-state index in [0.29, 0.717) is 25.4 Å². The van der Waals surface area contributed by atoms with Gasteiger partial charge in [-0.25, -0.2) is 0 Å². The summed E-state index contributed by atoms with van der Waals surface area (Å²) in [5.41, 5.74) is 0.958. The van der Waals surface area contributed by atoms with Gasteiger partial charge in [-0.1, -0.05) is 19.3 Å². The Balaban J connectivity index is 1.61. The summed E-state index contributed by atoms with van der Waals surface area (Å²) >= 11 is 0. The van der Waals surface area contributed by atoms with Crippen LogP contribution in [-0.2, 0) is 16.0 Å². The van der Waals surface area contributed by atoms with Crippen LogP contribution in [0.4, 0.5) is 0 Å². The molecule has 1 saturated carbocycles. The first kappa shape index (κ1) is 18.8. The van der Waals surface area contributed by atoms with Crippen molar-refractivity contribution < 1.29 is 9.59 Å². The van der Waals surface area contributed by atoms with E-state index in [4.69, 9.17) is 0 Å². The molecule has 2 N–H and O–H groups in total. The number of likely N-dealkylation sites (N-methyl/N-ethyl adjacent to an activating group) is 1. The lowest BCUT2D eigenvalue weighted by molar-refractivity contribution is -0.126. The second kappa shape index (κ2) is 9.12. The second-order valence-corrected chi connectivity index (χ2v) is 7.43. The molecule has 1 aliphatic heterocycles. The topological polar surface area (TPSA) is 74.3 Å². The number of rotatable bonds is 6. The van der Waals surface area contributed by atoms with Crippen molar-refractivity contribution in [3.8, 4) is 0 Å². The van der Waals surface area contributed by atoms with Crippen LogP contribution in [0.2, 0.25) is 0 Å². The van der Waals surface area contributed by atoms with Gasteiger partial charge in [0.15, 0.2) is 0 Å². The van der Waals surface area contributed by atoms with Crippen LogP contribution in [-0.4, -0.2) is 52.9 Å². The lowest BCUT2D eigenvalue weighted by Crippen LogP contribution is -2.48. The molecule has 1 aromatic heterocycles. The maximum atomic E-state index is 12.5. The van der Waals surface area contributed by atoms with Crippen molar-refractivity contribution in [1.29, 1.82) is 0 Å². The van der Waals surface area contributed by atoms with E-state index in [9.17, 15) is 9.59 Å². The number of likely N-dealkylation sites (tertiary alicyclic amines) is 1. The van der Waals surface area contributed by atoms with Gasteiger partial charge in [-0.2, -0.15) is 0 Å². The van der Waals surface area contributed by atoms with Crippen LogP contribution in [0.5, 0.6) is 0 Å². The fourth-order valence-corrected chi connectivity index (χ4v) is 4.30. The standard InChI is InChI=1S/C20H30N4O2/c1-2-22-20(26)18-13-16(14-24(18)17-6-4-3-5-7-17)23-19(25)12-15-8-10-21-11-9-15/h8-11,16-18H,2-7,12-14H2,1H3,(H,22,26)(H,23,25)/t16-,18-/m0/s1. The molecule has 0 aromatic carbocycles. The summed E-state index contributed by atoms with van der Waals surface area (Å²) in [6.07, 6.45) is 10.6. The van der Waals surface area contributed by atoms with Crippen LogP contribution in [0.25, 0.3) is 0 Å². The Morgan fingerprint density at radius 3 is 2.62 bits per heavy atom. The minimum atomic E-state index is -0.121. The van der Waals surface area contributed by atoms with Gasteiger partial charge in [0.25, 0.3) is 0 Å². The molecule has 1 aromatic rings. The zero-order chi connectivity index (χ0) is 18.4. The van der Waals surface area contributed by atoms with E-state index >= 15 is 0 Å². The predicted molar refractivity (Wildman–Crippen MR) is 101 cm³/mol. The lowest BCUT2D eigenvalue weighted by Gasteiger charge is -2.34. The number of hydrogen-bond acceptors (Lipinski definition) is 4. The first-order chi connectivity index (χ1) is 12.7. The van der Waals surface area contributed by atoms with Gasteiger partial charge in [0.1, 0.15) is 0 Å². The molecule has 26 heavy (non-hydrogen) atoms. The quantitative estimate of drug-likeness (QED) is 0.811. The zero-order valence-electron chi connectivity index (χ0n) is 15.6. The summed E-state index contributed by atoms with van der Waals surface area (Å²) < 4.78 is 0. The van der Waals surface area contributed by atoms with E-state index in [2.05, 4.69) is 20.5 Å². The smallest absolute Gasteiger partial charge is 0.237 e. The minimum Gasteiger partial charge on any atom is -0.355 e. The number of hydrogen-bond donors (Lipinski definition) is 2. The third-order valence-electron chi connectivity index (χ3n) is 5.52. The number of amides is 2. The highest BCUT2D eigenvalue weighted by molar-refractivity contribution is 5.83. The minimum absolute atomic E-state index is 0.0151. The molecular weight excluding hydrogens is 328 g/mol. The average Bonchev–Trinajstić information content (AvgIpc) is 3.07. The molecule has 0 bridgehead atoms. The molecule has 2 heterocycles. The maximum absolute atomic E-state index is 12.5. The van der Waals surface area contributed by atoms with Crippen LogP contribution in [0.15, 0.2) is 24.5 Å². The Kier molecular flexibility index (Phi) is 6.61. The Morgan fingerprint density at radius 2 is 1.92 bits per heavy atom. The number of aromatic nitrogens is 1. The second-order valence-electron chi connectivity index (χ2n) is 7.43. The Hall–Kier alpha value is -1.95. The largest absolute Gasteiger partial charge is 0.355 e. The average molecular weight is 358 g/mol. The van der Waals surface area contributed by atoms with Gasteiger partial charge in [-0.3, -0.25) is 19.5 Å². The van der Waals surface area contributed by atoms with Gasteiger partial charge >= 0.3 is 0 Å². The third-order valence-corrected chi connectivity index (χ3v) is 5.52. The van der Waals surface area contributed by atoms with Gasteiger partial charge in [-0.05, 0) is 43.9 Å². The summed E-state index contributed by atoms with van der Waals surface area (Å²) in [7, 11) is 0. The molecule has 6 nitrogen and oxygen atoms in total. The van der Waals surface area contributed by atoms with Crippen LogP contribution >= 0.6 is 0 Å². The summed E-state index contributed by atoms with van der Waals surface area (Å²) in [5.74, 6) is 0.116. The van der Waals surface area contributed by atoms with E-state index in [0.717, 1.165) is 24.9 Å². The number of carbonyl (C=O) groups is 2. The van der Waals surface area contributed by atoms with Crippen LogP contribution in [0.1, 0.15) is 51.0 Å². The van der Waals surface area contributed by atoms with Gasteiger partial charge < -0.3 is 10.6 Å². The monoisotopic (exact) mass is 358 g/mol. The fraction of sp³-hybridized carbons (Fsp3) is 0.650. The SMILES string of the molecule is CCNC(=O)[C@@H]1C[C@H](NC(=O)Cc2ccncc2)CN1C1CCCCC1. The molecule has 1 saturated heterocycles. The molecular formula is C20H30N4O2. The predicted octanol–water partition coefficient (Wildman–Crippen LogP) is 1.65. The van der Waals surface area contributed by atoms with E-state index in [1.165, 1.54) is 19.3 Å². The summed E-state index contributed by atoms with van der Waals surface area (Å²) in [4.78, 5) is 31.3. The van der Waals surface area contributed by atoms with Gasteiger partial charge in [0, 0.05) is 37.6 Å². The van der Waals surface area contributed by atoms with Crippen molar-refractivity contribution in [3.05, 3.63) is 30.1 Å². The molecule has 0 spiro atoms. The molecule has 2 fully saturated rings. The van der Waals surface area contributed by atoms with E-state index < -0.39 is 0 Å². The van der Waals surface area contributed by atoms with Crippen molar-refractivity contribution in [2.45, 2.75) is 70.0 Å². The Labute approximate surface area is 155 Å². The molecule has 0 unspecified atom stereocenters. The molecule has 3 rings (SSSR count). The van der Waals surface area contributed by atoms with Crippen molar-refractivity contribution in [3.63, 3.8) is 0 Å². The highest BCUT2D eigenvalue weighted by Gasteiger charge is 2.40. The van der Waals surface area contributed by atoms with Crippen LogP contribution in [0, 0.1) is 0 Å². The van der Waals surface area contributed by atoms with Gasteiger partial charge in [0.2, 0.25) is 11.8 Å². The highest BCUT2D eigenvalue weighted by atomic mass is 16.2. The molecule has 1 aliphatic carbocycles. The van der Waals surface area contributed by atoms with E-state index in [1.54, 1.807) is 12.4 Å². The maximum Gasteiger partial charge on any atom is 0.237 e. The summed E-state index contributed by atoms with van der Waals surface area (Å²) in [5, 5.41) is 6.11. The normalized spacial score (nSPS) is 24.3. The molecule has 2 amide bonds. The molecule has 2 atom stereocenters. The van der Waals surface area contributed by atoms with Crippen molar-refractivity contribution in [2.24, 2.45) is 0 Å². The summed E-state index contributed by atoms with van der Waals surface area (Å²) in [6, 6.07) is 4.11. The first-order valence-corrected chi connectivity index (χ1v) is 9.89. The van der Waals surface area contributed by atoms with Crippen molar-refractivity contribution in [1.82, 2.24) is 20.5 Å². The Morgan fingerprint density at radius 1 is 1.19 bits per heavy atom.